The van der Waals surface area contributed by atoms with Crippen LogP contribution in [0, 0.1) is 0 Å². The highest BCUT2D eigenvalue weighted by Gasteiger charge is 2.35. The van der Waals surface area contributed by atoms with Crippen molar-refractivity contribution in [2.45, 2.75) is 57.7 Å². The van der Waals surface area contributed by atoms with E-state index in [1.807, 2.05) is 31.2 Å². The van der Waals surface area contributed by atoms with Gasteiger partial charge in [-0.25, -0.2) is 4.79 Å². The average molecular weight is 458 g/mol. The number of nitrogens with zero attached hydrogens (tertiary/aromatic N) is 1. The van der Waals surface area contributed by atoms with Gasteiger partial charge in [-0.05, 0) is 42.2 Å². The molecule has 32 heavy (non-hydrogen) atoms. The van der Waals surface area contributed by atoms with Gasteiger partial charge in [-0.1, -0.05) is 61.7 Å². The van der Waals surface area contributed by atoms with Gasteiger partial charge >= 0.3 is 12.0 Å². The zero-order valence-electron chi connectivity index (χ0n) is 18.0. The van der Waals surface area contributed by atoms with Crippen molar-refractivity contribution in [2.24, 2.45) is 0 Å². The Morgan fingerprint density at radius 3 is 2.59 bits per heavy atom. The van der Waals surface area contributed by atoms with Crippen LogP contribution >= 0.6 is 11.6 Å². The molecule has 0 saturated heterocycles. The third-order valence-corrected chi connectivity index (χ3v) is 5.82. The van der Waals surface area contributed by atoms with Crippen LogP contribution in [-0.2, 0) is 22.6 Å². The Kier molecular flexibility index (Phi) is 8.11. The van der Waals surface area contributed by atoms with E-state index in [0.717, 1.165) is 24.0 Å². The lowest BCUT2D eigenvalue weighted by atomic mass is 9.91. The first kappa shape index (κ1) is 23.6. The predicted octanol–water partition coefficient (Wildman–Crippen LogP) is 4.45. The van der Waals surface area contributed by atoms with Gasteiger partial charge in [0.1, 0.15) is 6.04 Å². The molecule has 2 aromatic carbocycles. The summed E-state index contributed by atoms with van der Waals surface area (Å²) in [5.74, 6) is -1.22. The second kappa shape index (κ2) is 11.0. The van der Waals surface area contributed by atoms with Crippen molar-refractivity contribution in [3.63, 3.8) is 0 Å². The first-order valence-electron chi connectivity index (χ1n) is 10.8. The van der Waals surface area contributed by atoms with Gasteiger partial charge in [0.2, 0.25) is 5.91 Å². The van der Waals surface area contributed by atoms with Crippen molar-refractivity contribution in [3.8, 4) is 0 Å². The molecule has 8 heteroatoms. The Hall–Kier alpha value is -3.06. The van der Waals surface area contributed by atoms with Gasteiger partial charge in [0.25, 0.3) is 0 Å². The highest BCUT2D eigenvalue weighted by atomic mass is 35.5. The second-order valence-corrected chi connectivity index (χ2v) is 8.43. The van der Waals surface area contributed by atoms with Crippen LogP contribution in [0.2, 0.25) is 5.02 Å². The van der Waals surface area contributed by atoms with Crippen LogP contribution in [0.5, 0.6) is 0 Å². The molecule has 0 fully saturated rings. The number of aliphatic carboxylic acids is 1. The Balaban J connectivity index is 1.78. The maximum absolute atomic E-state index is 13.5. The van der Waals surface area contributed by atoms with Gasteiger partial charge < -0.3 is 20.6 Å². The summed E-state index contributed by atoms with van der Waals surface area (Å²) in [5, 5.41) is 15.4. The number of carboxylic acid groups (broad SMARTS) is 1. The molecule has 2 atom stereocenters. The Bertz CT molecular complexity index is 981. The van der Waals surface area contributed by atoms with Crippen molar-refractivity contribution >= 4 is 35.2 Å². The third kappa shape index (κ3) is 6.23. The lowest BCUT2D eigenvalue weighted by Crippen LogP contribution is -2.54. The largest absolute Gasteiger partial charge is 0.481 e. The van der Waals surface area contributed by atoms with Crippen molar-refractivity contribution < 1.29 is 19.5 Å². The number of hydrogen-bond acceptors (Lipinski definition) is 3. The molecule has 1 aliphatic heterocycles. The molecule has 1 aliphatic rings. The van der Waals surface area contributed by atoms with Crippen LogP contribution < -0.4 is 10.6 Å². The average Bonchev–Trinajstić information content (AvgIpc) is 2.75. The van der Waals surface area contributed by atoms with E-state index in [9.17, 15) is 19.5 Å². The molecule has 1 heterocycles. The molecule has 0 saturated carbocycles. The fourth-order valence-corrected chi connectivity index (χ4v) is 4.18. The summed E-state index contributed by atoms with van der Waals surface area (Å²) in [4.78, 5) is 39.2. The van der Waals surface area contributed by atoms with Crippen LogP contribution in [-0.4, -0.2) is 40.0 Å². The van der Waals surface area contributed by atoms with Crippen LogP contribution in [0.3, 0.4) is 0 Å². The van der Waals surface area contributed by atoms with E-state index >= 15 is 0 Å². The quantitative estimate of drug-likeness (QED) is 0.545. The van der Waals surface area contributed by atoms with Gasteiger partial charge in [0.15, 0.2) is 0 Å². The molecule has 0 bridgehead atoms. The number of amides is 3. The summed E-state index contributed by atoms with van der Waals surface area (Å²) in [6, 6.07) is 12.8. The van der Waals surface area contributed by atoms with Crippen molar-refractivity contribution in [1.29, 1.82) is 0 Å². The standard InChI is InChI=1S/C24H28ClN3O4/c1-2-3-11-21(27-24(32)26-19-10-6-9-18(25)13-19)23(31)28-15-17-8-5-4-7-16(17)12-20(28)14-22(29)30/h4-10,13,20-21H,2-3,11-12,14-15H2,1H3,(H,29,30)(H2,26,27,32)/t20-,21+/m1/s1. The molecule has 0 aliphatic carbocycles. The second-order valence-electron chi connectivity index (χ2n) is 7.99. The number of benzene rings is 2. The fraction of sp³-hybridized carbons (Fsp3) is 0.375. The van der Waals surface area contributed by atoms with Crippen molar-refractivity contribution in [2.75, 3.05) is 5.32 Å². The predicted molar refractivity (Wildman–Crippen MR) is 124 cm³/mol. The monoisotopic (exact) mass is 457 g/mol. The topological polar surface area (TPSA) is 98.7 Å². The van der Waals surface area contributed by atoms with E-state index in [1.54, 1.807) is 29.2 Å². The highest BCUT2D eigenvalue weighted by molar-refractivity contribution is 6.30. The number of rotatable bonds is 8. The van der Waals surface area contributed by atoms with Gasteiger partial charge in [0.05, 0.1) is 6.42 Å². The number of carboxylic acids is 1. The number of carbonyl (C=O) groups is 3. The van der Waals surface area contributed by atoms with E-state index in [4.69, 9.17) is 11.6 Å². The summed E-state index contributed by atoms with van der Waals surface area (Å²) in [5.41, 5.74) is 2.58. The number of anilines is 1. The summed E-state index contributed by atoms with van der Waals surface area (Å²) in [6.07, 6.45) is 2.42. The van der Waals surface area contributed by atoms with Crippen LogP contribution in [0.25, 0.3) is 0 Å². The first-order chi connectivity index (χ1) is 15.4. The number of nitrogens with one attached hydrogen (secondary N) is 2. The minimum atomic E-state index is -0.955. The summed E-state index contributed by atoms with van der Waals surface area (Å²) in [6.45, 7) is 2.34. The third-order valence-electron chi connectivity index (χ3n) is 5.58. The maximum Gasteiger partial charge on any atom is 0.319 e. The minimum absolute atomic E-state index is 0.144. The lowest BCUT2D eigenvalue weighted by molar-refractivity contribution is -0.142. The molecular weight excluding hydrogens is 430 g/mol. The number of urea groups is 1. The fourth-order valence-electron chi connectivity index (χ4n) is 3.99. The molecule has 3 N–H and O–H groups in total. The molecule has 3 rings (SSSR count). The van der Waals surface area contributed by atoms with Gasteiger partial charge in [0, 0.05) is 23.3 Å². The number of halogens is 1. The molecule has 0 spiro atoms. The molecule has 0 radical (unpaired) electrons. The summed E-state index contributed by atoms with van der Waals surface area (Å²) < 4.78 is 0. The molecule has 7 nitrogen and oxygen atoms in total. The molecule has 170 valence electrons. The van der Waals surface area contributed by atoms with E-state index in [-0.39, 0.29) is 12.3 Å². The van der Waals surface area contributed by atoms with Crippen LogP contribution in [0.1, 0.15) is 43.7 Å². The normalized spacial score (nSPS) is 16.1. The first-order valence-corrected chi connectivity index (χ1v) is 11.2. The molecule has 2 aromatic rings. The number of fused-ring (bicyclic) bond motifs is 1. The smallest absolute Gasteiger partial charge is 0.319 e. The minimum Gasteiger partial charge on any atom is -0.481 e. The van der Waals surface area contributed by atoms with E-state index < -0.39 is 24.1 Å². The van der Waals surface area contributed by atoms with Crippen LogP contribution in [0.15, 0.2) is 48.5 Å². The number of unbranched alkanes of at least 4 members (excludes halogenated alkanes) is 1. The Labute approximate surface area is 192 Å². The highest BCUT2D eigenvalue weighted by Crippen LogP contribution is 2.26. The van der Waals surface area contributed by atoms with Gasteiger partial charge in [-0.2, -0.15) is 0 Å². The molecular formula is C24H28ClN3O4. The van der Waals surface area contributed by atoms with Crippen molar-refractivity contribution in [1.82, 2.24) is 10.2 Å². The summed E-state index contributed by atoms with van der Waals surface area (Å²) >= 11 is 5.97. The zero-order chi connectivity index (χ0) is 23.1. The number of hydrogen-bond donors (Lipinski definition) is 3. The van der Waals surface area contributed by atoms with Gasteiger partial charge in [-0.3, -0.25) is 9.59 Å². The molecule has 0 unspecified atom stereocenters. The number of carbonyl (C=O) groups excluding carboxylic acids is 2. The Morgan fingerprint density at radius 2 is 1.91 bits per heavy atom. The van der Waals surface area contributed by atoms with Crippen LogP contribution in [0.4, 0.5) is 10.5 Å². The SMILES string of the molecule is CCCC[C@H](NC(=O)Nc1cccc(Cl)c1)C(=O)N1Cc2ccccc2C[C@@H]1CC(=O)O. The summed E-state index contributed by atoms with van der Waals surface area (Å²) in [7, 11) is 0. The van der Waals surface area contributed by atoms with E-state index in [0.29, 0.717) is 30.1 Å². The zero-order valence-corrected chi connectivity index (χ0v) is 18.8. The molecule has 0 aromatic heterocycles. The van der Waals surface area contributed by atoms with Crippen molar-refractivity contribution in [3.05, 3.63) is 64.7 Å². The van der Waals surface area contributed by atoms with E-state index in [2.05, 4.69) is 10.6 Å². The maximum atomic E-state index is 13.5. The molecule has 3 amide bonds. The lowest BCUT2D eigenvalue weighted by Gasteiger charge is -2.38. The Morgan fingerprint density at radius 1 is 1.16 bits per heavy atom. The van der Waals surface area contributed by atoms with E-state index in [1.165, 1.54) is 0 Å². The van der Waals surface area contributed by atoms with Gasteiger partial charge in [-0.15, -0.1) is 0 Å².